The van der Waals surface area contributed by atoms with Gasteiger partial charge in [0.15, 0.2) is 0 Å². The summed E-state index contributed by atoms with van der Waals surface area (Å²) in [6, 6.07) is 1.96. The molecule has 0 atom stereocenters. The van der Waals surface area contributed by atoms with E-state index in [4.69, 9.17) is 15.9 Å². The molecule has 0 spiro atoms. The standard InChI is InChI=1S/C11H15N3OS/c1-6-3-7(2)14-11(9(6)10(12)13)16-8-4-15-5-8/h3,8H,4-5H2,1-2H3,(H3,12,13). The van der Waals surface area contributed by atoms with Crippen LogP contribution in [-0.2, 0) is 4.74 Å². The van der Waals surface area contributed by atoms with Gasteiger partial charge < -0.3 is 10.5 Å². The van der Waals surface area contributed by atoms with Crippen molar-refractivity contribution in [3.8, 4) is 0 Å². The van der Waals surface area contributed by atoms with Crippen molar-refractivity contribution in [2.45, 2.75) is 24.1 Å². The number of amidine groups is 1. The molecule has 16 heavy (non-hydrogen) atoms. The van der Waals surface area contributed by atoms with Gasteiger partial charge in [-0.25, -0.2) is 4.98 Å². The van der Waals surface area contributed by atoms with Crippen molar-refractivity contribution in [2.24, 2.45) is 5.73 Å². The van der Waals surface area contributed by atoms with Crippen molar-refractivity contribution in [3.63, 3.8) is 0 Å². The predicted molar refractivity (Wildman–Crippen MR) is 65.2 cm³/mol. The Morgan fingerprint density at radius 3 is 2.75 bits per heavy atom. The second-order valence-electron chi connectivity index (χ2n) is 3.95. The topological polar surface area (TPSA) is 72.0 Å². The van der Waals surface area contributed by atoms with Gasteiger partial charge >= 0.3 is 0 Å². The van der Waals surface area contributed by atoms with E-state index in [0.717, 1.165) is 35.1 Å². The Kier molecular flexibility index (Phi) is 3.16. The van der Waals surface area contributed by atoms with E-state index in [0.29, 0.717) is 5.25 Å². The molecule has 1 saturated heterocycles. The van der Waals surface area contributed by atoms with E-state index in [-0.39, 0.29) is 5.84 Å². The zero-order valence-corrected chi connectivity index (χ0v) is 10.2. The molecular formula is C11H15N3OS. The van der Waals surface area contributed by atoms with E-state index in [9.17, 15) is 0 Å². The summed E-state index contributed by atoms with van der Waals surface area (Å²) in [6.45, 7) is 5.44. The molecule has 1 aliphatic rings. The molecule has 1 aliphatic heterocycles. The van der Waals surface area contributed by atoms with Gasteiger partial charge in [-0.1, -0.05) is 11.8 Å². The highest BCUT2D eigenvalue weighted by Crippen LogP contribution is 2.30. The van der Waals surface area contributed by atoms with Crippen LogP contribution in [-0.4, -0.2) is 29.3 Å². The van der Waals surface area contributed by atoms with Crippen molar-refractivity contribution >= 4 is 17.6 Å². The van der Waals surface area contributed by atoms with Crippen LogP contribution in [0.4, 0.5) is 0 Å². The molecule has 0 bridgehead atoms. The van der Waals surface area contributed by atoms with Crippen LogP contribution in [0.2, 0.25) is 0 Å². The van der Waals surface area contributed by atoms with Gasteiger partial charge in [-0.2, -0.15) is 0 Å². The lowest BCUT2D eigenvalue weighted by atomic mass is 10.1. The molecule has 86 valence electrons. The van der Waals surface area contributed by atoms with E-state index >= 15 is 0 Å². The van der Waals surface area contributed by atoms with Crippen LogP contribution in [0.1, 0.15) is 16.8 Å². The minimum atomic E-state index is 0.0905. The molecular weight excluding hydrogens is 222 g/mol. The molecule has 0 amide bonds. The van der Waals surface area contributed by atoms with Crippen LogP contribution in [0.3, 0.4) is 0 Å². The molecule has 1 aromatic rings. The van der Waals surface area contributed by atoms with Gasteiger partial charge in [0.25, 0.3) is 0 Å². The van der Waals surface area contributed by atoms with Gasteiger partial charge in [0.1, 0.15) is 10.9 Å². The summed E-state index contributed by atoms with van der Waals surface area (Å²) in [5, 5.41) is 8.91. The molecule has 0 unspecified atom stereocenters. The number of thioether (sulfide) groups is 1. The maximum Gasteiger partial charge on any atom is 0.125 e. The smallest absolute Gasteiger partial charge is 0.125 e. The number of nitrogens with one attached hydrogen (secondary N) is 1. The van der Waals surface area contributed by atoms with Gasteiger partial charge in [-0.15, -0.1) is 0 Å². The van der Waals surface area contributed by atoms with Crippen LogP contribution in [0.5, 0.6) is 0 Å². The minimum Gasteiger partial charge on any atom is -0.384 e. The van der Waals surface area contributed by atoms with E-state index in [1.54, 1.807) is 11.8 Å². The Labute approximate surface area is 99.1 Å². The highest BCUT2D eigenvalue weighted by atomic mass is 32.2. The Balaban J connectivity index is 2.35. The van der Waals surface area contributed by atoms with Crippen LogP contribution in [0.25, 0.3) is 0 Å². The lowest BCUT2D eigenvalue weighted by Crippen LogP contribution is -2.30. The average molecular weight is 237 g/mol. The number of ether oxygens (including phenoxy) is 1. The van der Waals surface area contributed by atoms with Gasteiger partial charge in [0.05, 0.1) is 24.0 Å². The van der Waals surface area contributed by atoms with Gasteiger partial charge in [0, 0.05) is 5.69 Å². The normalized spacial score (nSPS) is 15.9. The van der Waals surface area contributed by atoms with Crippen molar-refractivity contribution < 1.29 is 4.74 Å². The number of nitrogens with two attached hydrogens (primary N) is 1. The number of hydrogen-bond acceptors (Lipinski definition) is 4. The summed E-state index contributed by atoms with van der Waals surface area (Å²) >= 11 is 1.66. The second kappa shape index (κ2) is 4.43. The number of nitrogens with zero attached hydrogens (tertiary/aromatic N) is 1. The summed E-state index contributed by atoms with van der Waals surface area (Å²) in [6.07, 6.45) is 0. The average Bonchev–Trinajstić information content (AvgIpc) is 2.09. The number of hydrogen-bond donors (Lipinski definition) is 2. The third kappa shape index (κ3) is 2.20. The first-order valence-corrected chi connectivity index (χ1v) is 6.03. The number of aromatic nitrogens is 1. The summed E-state index contributed by atoms with van der Waals surface area (Å²) in [5.41, 5.74) is 8.35. The maximum absolute atomic E-state index is 7.60. The lowest BCUT2D eigenvalue weighted by Gasteiger charge is -2.25. The second-order valence-corrected chi connectivity index (χ2v) is 5.24. The minimum absolute atomic E-state index is 0.0905. The number of nitrogen functional groups attached to an aromatic ring is 1. The quantitative estimate of drug-likeness (QED) is 0.617. The maximum atomic E-state index is 7.60. The molecule has 0 radical (unpaired) electrons. The first-order valence-electron chi connectivity index (χ1n) is 5.15. The fourth-order valence-electron chi connectivity index (χ4n) is 1.66. The van der Waals surface area contributed by atoms with E-state index < -0.39 is 0 Å². The predicted octanol–water partition coefficient (Wildman–Crippen LogP) is 1.47. The third-order valence-electron chi connectivity index (χ3n) is 2.47. The van der Waals surface area contributed by atoms with Gasteiger partial charge in [-0.3, -0.25) is 5.41 Å². The Morgan fingerprint density at radius 2 is 2.25 bits per heavy atom. The zero-order valence-electron chi connectivity index (χ0n) is 9.41. The van der Waals surface area contributed by atoms with Crippen molar-refractivity contribution in [3.05, 3.63) is 22.9 Å². The van der Waals surface area contributed by atoms with E-state index in [1.165, 1.54) is 0 Å². The van der Waals surface area contributed by atoms with E-state index in [2.05, 4.69) is 4.98 Å². The molecule has 4 nitrogen and oxygen atoms in total. The molecule has 5 heteroatoms. The van der Waals surface area contributed by atoms with Crippen LogP contribution < -0.4 is 5.73 Å². The van der Waals surface area contributed by atoms with Crippen LogP contribution >= 0.6 is 11.8 Å². The third-order valence-corrected chi connectivity index (χ3v) is 3.59. The van der Waals surface area contributed by atoms with Crippen LogP contribution in [0, 0.1) is 19.3 Å². The molecule has 3 N–H and O–H groups in total. The first kappa shape index (κ1) is 11.4. The fraction of sp³-hybridized carbons (Fsp3) is 0.455. The Bertz CT molecular complexity index is 429. The Hall–Kier alpha value is -1.07. The number of pyridine rings is 1. The number of aryl methyl sites for hydroxylation is 2. The molecule has 0 saturated carbocycles. The zero-order chi connectivity index (χ0) is 11.7. The molecule has 0 aliphatic carbocycles. The lowest BCUT2D eigenvalue weighted by molar-refractivity contribution is 0.0454. The van der Waals surface area contributed by atoms with Gasteiger partial charge in [-0.05, 0) is 25.5 Å². The monoisotopic (exact) mass is 237 g/mol. The summed E-state index contributed by atoms with van der Waals surface area (Å²) in [7, 11) is 0. The molecule has 1 aromatic heterocycles. The first-order chi connectivity index (χ1) is 7.58. The molecule has 2 rings (SSSR count). The highest BCUT2D eigenvalue weighted by molar-refractivity contribution is 8.00. The highest BCUT2D eigenvalue weighted by Gasteiger charge is 2.23. The SMILES string of the molecule is Cc1cc(C)c(C(=N)N)c(SC2COC2)n1. The van der Waals surface area contributed by atoms with Crippen molar-refractivity contribution in [2.75, 3.05) is 13.2 Å². The Morgan fingerprint density at radius 1 is 1.56 bits per heavy atom. The van der Waals surface area contributed by atoms with Crippen molar-refractivity contribution in [1.29, 1.82) is 5.41 Å². The van der Waals surface area contributed by atoms with Crippen LogP contribution in [0.15, 0.2) is 11.1 Å². The summed E-state index contributed by atoms with van der Waals surface area (Å²) < 4.78 is 5.13. The molecule has 1 fully saturated rings. The number of rotatable bonds is 3. The molecule has 0 aromatic carbocycles. The largest absolute Gasteiger partial charge is 0.384 e. The van der Waals surface area contributed by atoms with Gasteiger partial charge in [0.2, 0.25) is 0 Å². The fourth-order valence-corrected chi connectivity index (χ4v) is 2.89. The van der Waals surface area contributed by atoms with Crippen molar-refractivity contribution in [1.82, 2.24) is 4.98 Å². The summed E-state index contributed by atoms with van der Waals surface area (Å²) in [5.74, 6) is 0.0905. The van der Waals surface area contributed by atoms with E-state index in [1.807, 2.05) is 19.9 Å². The molecule has 2 heterocycles. The summed E-state index contributed by atoms with van der Waals surface area (Å²) in [4.78, 5) is 4.46.